The van der Waals surface area contributed by atoms with Crippen molar-refractivity contribution < 1.29 is 4.42 Å². The van der Waals surface area contributed by atoms with Crippen LogP contribution in [-0.4, -0.2) is 30.6 Å². The summed E-state index contributed by atoms with van der Waals surface area (Å²) in [5.74, 6) is 1.86. The van der Waals surface area contributed by atoms with Crippen LogP contribution in [0.4, 0.5) is 0 Å². The highest BCUT2D eigenvalue weighted by atomic mass is 127. The van der Waals surface area contributed by atoms with Gasteiger partial charge in [0.05, 0.1) is 6.26 Å². The smallest absolute Gasteiger partial charge is 0.191 e. The topological polar surface area (TPSA) is 65.3 Å². The van der Waals surface area contributed by atoms with Crippen LogP contribution in [0.2, 0.25) is 0 Å². The SMILES string of the molecule is CCNC(=NCCCc1c[nH]c2ccccc12)NCCc1ccco1.I. The molecule has 0 bridgehead atoms. The van der Waals surface area contributed by atoms with Crippen LogP contribution in [0, 0.1) is 0 Å². The van der Waals surface area contributed by atoms with Crippen molar-refractivity contribution in [2.24, 2.45) is 4.99 Å². The molecule has 26 heavy (non-hydrogen) atoms. The summed E-state index contributed by atoms with van der Waals surface area (Å²) < 4.78 is 5.35. The Morgan fingerprint density at radius 3 is 2.81 bits per heavy atom. The van der Waals surface area contributed by atoms with Crippen LogP contribution in [0.3, 0.4) is 0 Å². The molecule has 3 aromatic rings. The standard InChI is InChI=1S/C20H26N4O.HI/c1-2-21-20(23-13-11-17-8-6-14-25-17)22-12-5-7-16-15-24-19-10-4-3-9-18(16)19;/h3-4,6,8-10,14-15,24H,2,5,7,11-13H2,1H3,(H2,21,22,23);1H. The van der Waals surface area contributed by atoms with Gasteiger partial charge < -0.3 is 20.0 Å². The van der Waals surface area contributed by atoms with Crippen molar-refractivity contribution in [2.75, 3.05) is 19.6 Å². The molecule has 0 aliphatic rings. The summed E-state index contributed by atoms with van der Waals surface area (Å²) in [7, 11) is 0. The lowest BCUT2D eigenvalue weighted by molar-refractivity contribution is 0.507. The number of para-hydroxylation sites is 1. The summed E-state index contributed by atoms with van der Waals surface area (Å²) in [4.78, 5) is 8.00. The molecule has 0 amide bonds. The maximum Gasteiger partial charge on any atom is 0.191 e. The molecular formula is C20H27IN4O. The van der Waals surface area contributed by atoms with Crippen LogP contribution >= 0.6 is 24.0 Å². The Morgan fingerprint density at radius 1 is 1.12 bits per heavy atom. The molecule has 140 valence electrons. The molecule has 6 heteroatoms. The van der Waals surface area contributed by atoms with Crippen molar-refractivity contribution in [1.29, 1.82) is 0 Å². The normalized spacial score (nSPS) is 11.3. The second kappa shape index (κ2) is 10.9. The van der Waals surface area contributed by atoms with E-state index in [1.54, 1.807) is 6.26 Å². The Balaban J connectivity index is 0.00000243. The number of hydrogen-bond donors (Lipinski definition) is 3. The third-order valence-corrected chi connectivity index (χ3v) is 4.14. The van der Waals surface area contributed by atoms with E-state index in [1.807, 2.05) is 12.1 Å². The predicted octanol–water partition coefficient (Wildman–Crippen LogP) is 4.11. The fourth-order valence-electron chi connectivity index (χ4n) is 2.90. The van der Waals surface area contributed by atoms with Crippen molar-refractivity contribution in [1.82, 2.24) is 15.6 Å². The summed E-state index contributed by atoms with van der Waals surface area (Å²) in [5.41, 5.74) is 2.57. The van der Waals surface area contributed by atoms with Gasteiger partial charge in [-0.15, -0.1) is 24.0 Å². The number of fused-ring (bicyclic) bond motifs is 1. The molecule has 0 aliphatic carbocycles. The van der Waals surface area contributed by atoms with Gasteiger partial charge in [-0.05, 0) is 43.5 Å². The largest absolute Gasteiger partial charge is 0.469 e. The van der Waals surface area contributed by atoms with E-state index in [0.29, 0.717) is 0 Å². The molecule has 3 rings (SSSR count). The number of halogens is 1. The first-order chi connectivity index (χ1) is 12.4. The quantitative estimate of drug-likeness (QED) is 0.203. The zero-order valence-electron chi connectivity index (χ0n) is 15.1. The molecule has 0 unspecified atom stereocenters. The van der Waals surface area contributed by atoms with Gasteiger partial charge in [0, 0.05) is 43.2 Å². The van der Waals surface area contributed by atoms with Crippen molar-refractivity contribution >= 4 is 40.8 Å². The molecule has 5 nitrogen and oxygen atoms in total. The van der Waals surface area contributed by atoms with Crippen molar-refractivity contribution in [3.8, 4) is 0 Å². The lowest BCUT2D eigenvalue weighted by atomic mass is 10.1. The third kappa shape index (κ3) is 5.79. The average Bonchev–Trinajstić information content (AvgIpc) is 3.28. The number of aromatic amines is 1. The highest BCUT2D eigenvalue weighted by Gasteiger charge is 2.03. The highest BCUT2D eigenvalue weighted by Crippen LogP contribution is 2.18. The van der Waals surface area contributed by atoms with Gasteiger partial charge >= 0.3 is 0 Å². The van der Waals surface area contributed by atoms with E-state index in [2.05, 4.69) is 58.0 Å². The first kappa shape index (κ1) is 20.4. The minimum Gasteiger partial charge on any atom is -0.469 e. The number of rotatable bonds is 8. The molecule has 0 spiro atoms. The first-order valence-corrected chi connectivity index (χ1v) is 8.96. The van der Waals surface area contributed by atoms with Crippen molar-refractivity contribution in [3.63, 3.8) is 0 Å². The van der Waals surface area contributed by atoms with Crippen LogP contribution in [-0.2, 0) is 12.8 Å². The lowest BCUT2D eigenvalue weighted by Crippen LogP contribution is -2.38. The van der Waals surface area contributed by atoms with Gasteiger partial charge in [0.15, 0.2) is 5.96 Å². The number of nitrogens with one attached hydrogen (secondary N) is 3. The number of nitrogens with zero attached hydrogens (tertiary/aromatic N) is 1. The molecule has 0 aliphatic heterocycles. The number of H-pyrrole nitrogens is 1. The van der Waals surface area contributed by atoms with Crippen molar-refractivity contribution in [2.45, 2.75) is 26.2 Å². The van der Waals surface area contributed by atoms with E-state index in [-0.39, 0.29) is 24.0 Å². The molecule has 2 aromatic heterocycles. The number of hydrogen-bond acceptors (Lipinski definition) is 2. The van der Waals surface area contributed by atoms with Crippen LogP contribution < -0.4 is 10.6 Å². The summed E-state index contributed by atoms with van der Waals surface area (Å²) in [5, 5.41) is 7.96. The maximum atomic E-state index is 5.35. The summed E-state index contributed by atoms with van der Waals surface area (Å²) in [6.45, 7) is 4.54. The molecule has 0 saturated carbocycles. The van der Waals surface area contributed by atoms with E-state index in [1.165, 1.54) is 16.5 Å². The molecule has 1 aromatic carbocycles. The summed E-state index contributed by atoms with van der Waals surface area (Å²) in [6.07, 6.45) is 6.73. The van der Waals surface area contributed by atoms with Gasteiger partial charge in [-0.1, -0.05) is 18.2 Å². The molecule has 0 saturated heterocycles. The van der Waals surface area contributed by atoms with E-state index in [4.69, 9.17) is 4.42 Å². The minimum absolute atomic E-state index is 0. The lowest BCUT2D eigenvalue weighted by Gasteiger charge is -2.10. The molecule has 3 N–H and O–H groups in total. The molecule has 0 atom stereocenters. The van der Waals surface area contributed by atoms with Crippen LogP contribution in [0.5, 0.6) is 0 Å². The number of furan rings is 1. The Morgan fingerprint density at radius 2 is 2.00 bits per heavy atom. The van der Waals surface area contributed by atoms with Gasteiger partial charge in [0.25, 0.3) is 0 Å². The van der Waals surface area contributed by atoms with Gasteiger partial charge in [-0.3, -0.25) is 4.99 Å². The molecule has 2 heterocycles. The minimum atomic E-state index is 0. The van der Waals surface area contributed by atoms with E-state index < -0.39 is 0 Å². The average molecular weight is 466 g/mol. The molecular weight excluding hydrogens is 439 g/mol. The Labute approximate surface area is 171 Å². The van der Waals surface area contributed by atoms with Gasteiger partial charge in [-0.2, -0.15) is 0 Å². The summed E-state index contributed by atoms with van der Waals surface area (Å²) >= 11 is 0. The second-order valence-electron chi connectivity index (χ2n) is 5.98. The number of guanidine groups is 1. The zero-order chi connectivity index (χ0) is 17.3. The maximum absolute atomic E-state index is 5.35. The van der Waals surface area contributed by atoms with Gasteiger partial charge in [-0.25, -0.2) is 0 Å². The second-order valence-corrected chi connectivity index (χ2v) is 5.98. The number of aryl methyl sites for hydroxylation is 1. The van der Waals surface area contributed by atoms with E-state index >= 15 is 0 Å². The van der Waals surface area contributed by atoms with Crippen LogP contribution in [0.15, 0.2) is 58.3 Å². The zero-order valence-corrected chi connectivity index (χ0v) is 17.5. The number of aliphatic imine (C=N–C) groups is 1. The molecule has 0 fully saturated rings. The highest BCUT2D eigenvalue weighted by molar-refractivity contribution is 14.0. The number of aromatic nitrogens is 1. The Kier molecular flexibility index (Phi) is 8.53. The fraction of sp³-hybridized carbons (Fsp3) is 0.350. The van der Waals surface area contributed by atoms with Crippen LogP contribution in [0.1, 0.15) is 24.7 Å². The van der Waals surface area contributed by atoms with Crippen LogP contribution in [0.25, 0.3) is 10.9 Å². The van der Waals surface area contributed by atoms with Crippen molar-refractivity contribution in [3.05, 3.63) is 60.2 Å². The Hall–Kier alpha value is -1.96. The van der Waals surface area contributed by atoms with Gasteiger partial charge in [0.1, 0.15) is 5.76 Å². The Bertz CT molecular complexity index is 795. The number of benzene rings is 1. The van der Waals surface area contributed by atoms with E-state index in [9.17, 15) is 0 Å². The fourth-order valence-corrected chi connectivity index (χ4v) is 2.90. The first-order valence-electron chi connectivity index (χ1n) is 8.96. The van der Waals surface area contributed by atoms with Gasteiger partial charge in [0.2, 0.25) is 0 Å². The monoisotopic (exact) mass is 466 g/mol. The third-order valence-electron chi connectivity index (χ3n) is 4.14. The summed E-state index contributed by atoms with van der Waals surface area (Å²) in [6, 6.07) is 12.3. The predicted molar refractivity (Wildman–Crippen MR) is 118 cm³/mol. The molecule has 0 radical (unpaired) electrons. The van der Waals surface area contributed by atoms with E-state index in [0.717, 1.165) is 50.6 Å².